The zero-order valence-corrected chi connectivity index (χ0v) is 10.6. The molecule has 0 bridgehead atoms. The number of rotatable bonds is 1. The molecular weight excluding hydrogens is 232 g/mol. The number of benzene rings is 2. The van der Waals surface area contributed by atoms with Gasteiger partial charge in [-0.2, -0.15) is 0 Å². The molecule has 1 heterocycles. The summed E-state index contributed by atoms with van der Waals surface area (Å²) < 4.78 is 0. The van der Waals surface area contributed by atoms with Gasteiger partial charge in [-0.05, 0) is 34.4 Å². The first-order valence-corrected chi connectivity index (χ1v) is 6.57. The van der Waals surface area contributed by atoms with Crippen LogP contribution in [0.15, 0.2) is 59.7 Å². The molecule has 0 radical (unpaired) electrons. The van der Waals surface area contributed by atoms with Crippen LogP contribution < -0.4 is 4.90 Å². The monoisotopic (exact) mass is 246 g/mol. The van der Waals surface area contributed by atoms with E-state index in [0.717, 1.165) is 6.42 Å². The molecule has 0 N–H and O–H groups in total. The van der Waals surface area contributed by atoms with Crippen molar-refractivity contribution in [3.05, 3.63) is 65.9 Å². The van der Waals surface area contributed by atoms with Gasteiger partial charge in [0, 0.05) is 24.5 Å². The third-order valence-corrected chi connectivity index (χ3v) is 3.83. The number of nitrogens with zero attached hydrogens (tertiary/aromatic N) is 2. The van der Waals surface area contributed by atoms with Crippen LogP contribution >= 0.6 is 0 Å². The van der Waals surface area contributed by atoms with Crippen LogP contribution in [-0.2, 0) is 6.42 Å². The quantitative estimate of drug-likeness (QED) is 0.640. The summed E-state index contributed by atoms with van der Waals surface area (Å²) in [6.45, 7) is 0.712. The van der Waals surface area contributed by atoms with Gasteiger partial charge in [0.1, 0.15) is 6.67 Å². The first-order chi connectivity index (χ1) is 9.43. The first kappa shape index (κ1) is 10.6. The van der Waals surface area contributed by atoms with E-state index in [1.54, 1.807) is 0 Å². The predicted octanol–water partition coefficient (Wildman–Crippen LogP) is 3.62. The number of aliphatic imine (C=N–C) groups is 1. The maximum absolute atomic E-state index is 4.32. The van der Waals surface area contributed by atoms with Crippen LogP contribution in [-0.4, -0.2) is 12.9 Å². The summed E-state index contributed by atoms with van der Waals surface area (Å²) >= 11 is 0. The molecule has 2 aromatic rings. The molecule has 0 atom stereocenters. The van der Waals surface area contributed by atoms with Crippen molar-refractivity contribution in [3.8, 4) is 11.1 Å². The number of anilines is 1. The van der Waals surface area contributed by atoms with E-state index in [-0.39, 0.29) is 0 Å². The SMILES string of the molecule is C1=CN(c2cccc3c2Cc2ccccc2-3)CN=C1. The van der Waals surface area contributed by atoms with Crippen molar-refractivity contribution >= 4 is 11.9 Å². The molecule has 0 fully saturated rings. The van der Waals surface area contributed by atoms with Gasteiger partial charge in [-0.15, -0.1) is 0 Å². The molecule has 4 rings (SSSR count). The third-order valence-electron chi connectivity index (χ3n) is 3.83. The van der Waals surface area contributed by atoms with Crippen molar-refractivity contribution in [1.29, 1.82) is 0 Å². The summed E-state index contributed by atoms with van der Waals surface area (Å²) in [7, 11) is 0. The molecule has 2 aliphatic rings. The van der Waals surface area contributed by atoms with E-state index in [9.17, 15) is 0 Å². The molecule has 0 aromatic heterocycles. The van der Waals surface area contributed by atoms with Gasteiger partial charge in [-0.1, -0.05) is 36.4 Å². The Hall–Kier alpha value is -2.35. The molecule has 2 heteroatoms. The van der Waals surface area contributed by atoms with Gasteiger partial charge < -0.3 is 4.90 Å². The minimum Gasteiger partial charge on any atom is -0.328 e. The second-order valence-corrected chi connectivity index (χ2v) is 4.92. The Bertz CT molecular complexity index is 698. The largest absolute Gasteiger partial charge is 0.328 e. The van der Waals surface area contributed by atoms with Crippen LogP contribution in [0.5, 0.6) is 0 Å². The van der Waals surface area contributed by atoms with Crippen LogP contribution in [0.4, 0.5) is 5.69 Å². The van der Waals surface area contributed by atoms with Gasteiger partial charge in [0.25, 0.3) is 0 Å². The molecule has 0 unspecified atom stereocenters. The predicted molar refractivity (Wildman–Crippen MR) is 79.7 cm³/mol. The first-order valence-electron chi connectivity index (χ1n) is 6.57. The highest BCUT2D eigenvalue weighted by molar-refractivity contribution is 5.83. The smallest absolute Gasteiger partial charge is 0.114 e. The highest BCUT2D eigenvalue weighted by Crippen LogP contribution is 2.41. The van der Waals surface area contributed by atoms with Crippen LogP contribution in [0, 0.1) is 0 Å². The van der Waals surface area contributed by atoms with Crippen molar-refractivity contribution in [2.75, 3.05) is 11.6 Å². The van der Waals surface area contributed by atoms with Crippen LogP contribution in [0.3, 0.4) is 0 Å². The van der Waals surface area contributed by atoms with E-state index >= 15 is 0 Å². The maximum Gasteiger partial charge on any atom is 0.114 e. The Morgan fingerprint density at radius 3 is 2.74 bits per heavy atom. The van der Waals surface area contributed by atoms with Gasteiger partial charge >= 0.3 is 0 Å². The van der Waals surface area contributed by atoms with Crippen molar-refractivity contribution in [3.63, 3.8) is 0 Å². The van der Waals surface area contributed by atoms with Crippen LogP contribution in [0.25, 0.3) is 11.1 Å². The van der Waals surface area contributed by atoms with E-state index < -0.39 is 0 Å². The summed E-state index contributed by atoms with van der Waals surface area (Å²) in [5.74, 6) is 0. The topological polar surface area (TPSA) is 15.6 Å². The van der Waals surface area contributed by atoms with E-state index in [0.29, 0.717) is 6.67 Å². The molecule has 0 saturated heterocycles. The van der Waals surface area contributed by atoms with Crippen LogP contribution in [0.2, 0.25) is 0 Å². The normalized spacial score (nSPS) is 15.5. The molecule has 1 aliphatic carbocycles. The summed E-state index contributed by atoms with van der Waals surface area (Å²) in [5.41, 5.74) is 6.88. The fourth-order valence-corrected chi connectivity index (χ4v) is 2.95. The average molecular weight is 246 g/mol. The lowest BCUT2D eigenvalue weighted by atomic mass is 10.0. The fourth-order valence-electron chi connectivity index (χ4n) is 2.95. The molecular formula is C17H14N2. The van der Waals surface area contributed by atoms with E-state index in [1.165, 1.54) is 27.9 Å². The Kier molecular flexibility index (Phi) is 2.27. The van der Waals surface area contributed by atoms with E-state index in [2.05, 4.69) is 58.6 Å². The lowest BCUT2D eigenvalue weighted by Gasteiger charge is -2.22. The molecule has 19 heavy (non-hydrogen) atoms. The molecule has 0 spiro atoms. The second-order valence-electron chi connectivity index (χ2n) is 4.92. The summed E-state index contributed by atoms with van der Waals surface area (Å²) in [5, 5.41) is 0. The van der Waals surface area contributed by atoms with Crippen molar-refractivity contribution < 1.29 is 0 Å². The third kappa shape index (κ3) is 1.60. The van der Waals surface area contributed by atoms with Crippen LogP contribution in [0.1, 0.15) is 11.1 Å². The Balaban J connectivity index is 1.85. The van der Waals surface area contributed by atoms with Gasteiger partial charge in [0.05, 0.1) is 0 Å². The van der Waals surface area contributed by atoms with Crippen molar-refractivity contribution in [2.24, 2.45) is 4.99 Å². The highest BCUT2D eigenvalue weighted by Gasteiger charge is 2.22. The lowest BCUT2D eigenvalue weighted by Crippen LogP contribution is -2.19. The summed E-state index contributed by atoms with van der Waals surface area (Å²) in [4.78, 5) is 6.54. The standard InChI is InChI=1S/C17H14N2/c1-2-6-14-13(5-1)11-16-15(14)7-3-8-17(16)19-10-4-9-18-12-19/h1-10H,11-12H2. The molecule has 0 saturated carbocycles. The Morgan fingerprint density at radius 1 is 0.947 bits per heavy atom. The molecule has 2 nitrogen and oxygen atoms in total. The zero-order valence-electron chi connectivity index (χ0n) is 10.6. The minimum absolute atomic E-state index is 0.712. The Morgan fingerprint density at radius 2 is 1.84 bits per heavy atom. The maximum atomic E-state index is 4.32. The molecule has 92 valence electrons. The zero-order chi connectivity index (χ0) is 12.7. The number of fused-ring (bicyclic) bond motifs is 3. The van der Waals surface area contributed by atoms with Crippen molar-refractivity contribution in [2.45, 2.75) is 6.42 Å². The molecule has 2 aromatic carbocycles. The number of hydrogen-bond acceptors (Lipinski definition) is 2. The molecule has 1 aliphatic heterocycles. The fraction of sp³-hybridized carbons (Fsp3) is 0.118. The summed E-state index contributed by atoms with van der Waals surface area (Å²) in [6.07, 6.45) is 6.97. The summed E-state index contributed by atoms with van der Waals surface area (Å²) in [6, 6.07) is 15.2. The number of allylic oxidation sites excluding steroid dienone is 1. The van der Waals surface area contributed by atoms with Crippen molar-refractivity contribution in [1.82, 2.24) is 0 Å². The van der Waals surface area contributed by atoms with E-state index in [1.807, 2.05) is 12.3 Å². The van der Waals surface area contributed by atoms with Gasteiger partial charge in [0.2, 0.25) is 0 Å². The number of hydrogen-bond donors (Lipinski definition) is 0. The second kappa shape index (κ2) is 4.09. The van der Waals surface area contributed by atoms with Gasteiger partial charge in [-0.25, -0.2) is 0 Å². The Labute approximate surface area is 112 Å². The molecule has 0 amide bonds. The average Bonchev–Trinajstić information content (AvgIpc) is 2.87. The van der Waals surface area contributed by atoms with Gasteiger partial charge in [0.15, 0.2) is 0 Å². The highest BCUT2D eigenvalue weighted by atomic mass is 15.2. The van der Waals surface area contributed by atoms with Gasteiger partial charge in [-0.3, -0.25) is 4.99 Å². The van der Waals surface area contributed by atoms with E-state index in [4.69, 9.17) is 0 Å². The minimum atomic E-state index is 0.712. The lowest BCUT2D eigenvalue weighted by molar-refractivity contribution is 0.960.